The third kappa shape index (κ3) is 4.10. The molecule has 1 amide bonds. The second-order valence-electron chi connectivity index (χ2n) is 6.38. The van der Waals surface area contributed by atoms with Crippen molar-refractivity contribution in [3.8, 4) is 11.4 Å². The van der Waals surface area contributed by atoms with Gasteiger partial charge in [-0.1, -0.05) is 12.1 Å². The first-order valence-corrected chi connectivity index (χ1v) is 8.18. The van der Waals surface area contributed by atoms with Crippen LogP contribution in [0.1, 0.15) is 31.7 Å². The number of carbonyl (C=O) groups is 1. The number of benzene rings is 1. The Morgan fingerprint density at radius 3 is 2.83 bits per heavy atom. The van der Waals surface area contributed by atoms with Gasteiger partial charge in [0.05, 0.1) is 12.6 Å². The van der Waals surface area contributed by atoms with Crippen molar-refractivity contribution in [3.63, 3.8) is 0 Å². The summed E-state index contributed by atoms with van der Waals surface area (Å²) in [5, 5.41) is 18.1. The molecule has 0 atom stereocenters. The first kappa shape index (κ1) is 16.9. The summed E-state index contributed by atoms with van der Waals surface area (Å²) >= 11 is 0. The maximum atomic E-state index is 12.0. The number of halogens is 1. The van der Waals surface area contributed by atoms with E-state index in [1.165, 1.54) is 12.8 Å². The van der Waals surface area contributed by atoms with Crippen LogP contribution in [0.3, 0.4) is 0 Å². The predicted octanol–water partition coefficient (Wildman–Crippen LogP) is 2.03. The zero-order valence-electron chi connectivity index (χ0n) is 13.3. The normalized spacial score (nSPS) is 16.5. The van der Waals surface area contributed by atoms with E-state index in [1.807, 2.05) is 28.9 Å². The van der Waals surface area contributed by atoms with E-state index in [0.29, 0.717) is 12.6 Å². The van der Waals surface area contributed by atoms with E-state index in [0.717, 1.165) is 42.4 Å². The molecular weight excluding hydrogens is 328 g/mol. The predicted molar refractivity (Wildman–Crippen MR) is 93.0 cm³/mol. The summed E-state index contributed by atoms with van der Waals surface area (Å²) < 4.78 is 1.87. The van der Waals surface area contributed by atoms with Crippen LogP contribution in [0.2, 0.25) is 0 Å². The summed E-state index contributed by atoms with van der Waals surface area (Å²) in [5.41, 5.74) is 1.69. The monoisotopic (exact) mass is 348 g/mol. The molecule has 128 valence electrons. The molecule has 2 saturated carbocycles. The van der Waals surface area contributed by atoms with Crippen LogP contribution in [0, 0.1) is 5.92 Å². The molecule has 0 bridgehead atoms. The first-order chi connectivity index (χ1) is 11.3. The van der Waals surface area contributed by atoms with Crippen LogP contribution < -0.4 is 10.6 Å². The fourth-order valence-corrected chi connectivity index (χ4v) is 2.60. The maximum Gasteiger partial charge on any atom is 0.238 e. The smallest absolute Gasteiger partial charge is 0.238 e. The number of anilines is 1. The molecule has 0 radical (unpaired) electrons. The van der Waals surface area contributed by atoms with Crippen molar-refractivity contribution in [2.45, 2.75) is 31.7 Å². The quantitative estimate of drug-likeness (QED) is 0.799. The van der Waals surface area contributed by atoms with E-state index >= 15 is 0 Å². The van der Waals surface area contributed by atoms with Crippen LogP contribution in [0.25, 0.3) is 11.4 Å². The van der Waals surface area contributed by atoms with Gasteiger partial charge in [0.2, 0.25) is 5.91 Å². The summed E-state index contributed by atoms with van der Waals surface area (Å²) in [6.45, 7) is 1.28. The van der Waals surface area contributed by atoms with Gasteiger partial charge in [0, 0.05) is 11.3 Å². The number of nitrogens with zero attached hydrogens (tertiary/aromatic N) is 4. The lowest BCUT2D eigenvalue weighted by Gasteiger charge is -2.08. The minimum Gasteiger partial charge on any atom is -0.325 e. The van der Waals surface area contributed by atoms with Crippen molar-refractivity contribution in [1.29, 1.82) is 0 Å². The molecule has 2 aromatic rings. The van der Waals surface area contributed by atoms with Gasteiger partial charge in [-0.3, -0.25) is 4.79 Å². The van der Waals surface area contributed by atoms with E-state index in [4.69, 9.17) is 0 Å². The van der Waals surface area contributed by atoms with Gasteiger partial charge < -0.3 is 10.6 Å². The summed E-state index contributed by atoms with van der Waals surface area (Å²) in [7, 11) is 0. The lowest BCUT2D eigenvalue weighted by molar-refractivity contribution is -0.115. The number of hydrogen-bond donors (Lipinski definition) is 2. The molecule has 0 aliphatic heterocycles. The molecule has 2 N–H and O–H groups in total. The first-order valence-electron chi connectivity index (χ1n) is 8.18. The Balaban J connectivity index is 0.00000169. The molecule has 0 spiro atoms. The van der Waals surface area contributed by atoms with Gasteiger partial charge in [-0.15, -0.1) is 17.5 Å². The number of carbonyl (C=O) groups excluding carboxylic acids is 1. The van der Waals surface area contributed by atoms with Crippen molar-refractivity contribution in [3.05, 3.63) is 24.3 Å². The molecule has 0 unspecified atom stereocenters. The fraction of sp³-hybridized carbons (Fsp3) is 0.500. The van der Waals surface area contributed by atoms with Crippen LogP contribution in [0.5, 0.6) is 0 Å². The summed E-state index contributed by atoms with van der Waals surface area (Å²) in [6, 6.07) is 8.10. The Bertz CT molecular complexity index is 710. The highest BCUT2D eigenvalue weighted by Crippen LogP contribution is 2.36. The summed E-state index contributed by atoms with van der Waals surface area (Å²) in [5.74, 6) is 1.51. The molecule has 1 aromatic heterocycles. The number of aromatic nitrogens is 4. The molecule has 2 aliphatic carbocycles. The van der Waals surface area contributed by atoms with E-state index in [9.17, 15) is 4.79 Å². The summed E-state index contributed by atoms with van der Waals surface area (Å²) in [6.07, 6.45) is 4.82. The third-order valence-corrected chi connectivity index (χ3v) is 4.21. The molecule has 24 heavy (non-hydrogen) atoms. The van der Waals surface area contributed by atoms with Gasteiger partial charge in [0.25, 0.3) is 0 Å². The van der Waals surface area contributed by atoms with Gasteiger partial charge in [-0.05, 0) is 60.7 Å². The van der Waals surface area contributed by atoms with Crippen LogP contribution in [0.15, 0.2) is 24.3 Å². The summed E-state index contributed by atoms with van der Waals surface area (Å²) in [4.78, 5) is 12.0. The molecule has 2 fully saturated rings. The Morgan fingerprint density at radius 1 is 1.25 bits per heavy atom. The number of hydrogen-bond acceptors (Lipinski definition) is 5. The average molecular weight is 349 g/mol. The number of nitrogens with one attached hydrogen (secondary N) is 2. The van der Waals surface area contributed by atoms with E-state index in [2.05, 4.69) is 26.2 Å². The van der Waals surface area contributed by atoms with Crippen molar-refractivity contribution in [2.24, 2.45) is 5.92 Å². The lowest BCUT2D eigenvalue weighted by Crippen LogP contribution is -2.29. The van der Waals surface area contributed by atoms with Crippen molar-refractivity contribution < 1.29 is 4.79 Å². The van der Waals surface area contributed by atoms with Gasteiger partial charge in [-0.2, -0.15) is 0 Å². The van der Waals surface area contributed by atoms with Crippen molar-refractivity contribution in [1.82, 2.24) is 25.5 Å². The van der Waals surface area contributed by atoms with E-state index in [1.54, 1.807) is 0 Å². The molecule has 7 nitrogen and oxygen atoms in total. The standard InChI is InChI=1S/C16H20N6O.ClH/c23-15(10-17-9-11-4-5-11)18-13-3-1-2-12(8-13)16-19-20-21-22(16)14-6-7-14;/h1-3,8,11,14,17H,4-7,9-10H2,(H,18,23);1H. The molecule has 4 rings (SSSR count). The van der Waals surface area contributed by atoms with Crippen LogP contribution in [0.4, 0.5) is 5.69 Å². The molecule has 1 heterocycles. The minimum absolute atomic E-state index is 0. The lowest BCUT2D eigenvalue weighted by atomic mass is 10.2. The average Bonchev–Trinajstić information content (AvgIpc) is 3.48. The topological polar surface area (TPSA) is 84.7 Å². The largest absolute Gasteiger partial charge is 0.325 e. The molecule has 2 aliphatic rings. The third-order valence-electron chi connectivity index (χ3n) is 4.21. The van der Waals surface area contributed by atoms with Gasteiger partial charge in [0.15, 0.2) is 5.82 Å². The van der Waals surface area contributed by atoms with E-state index in [-0.39, 0.29) is 18.3 Å². The van der Waals surface area contributed by atoms with Gasteiger partial charge >= 0.3 is 0 Å². The van der Waals surface area contributed by atoms with Gasteiger partial charge in [0.1, 0.15) is 0 Å². The van der Waals surface area contributed by atoms with Crippen LogP contribution in [-0.4, -0.2) is 39.2 Å². The highest BCUT2D eigenvalue weighted by molar-refractivity contribution is 5.92. The SMILES string of the molecule is Cl.O=C(CNCC1CC1)Nc1cccc(-c2nnnn2C2CC2)c1. The Kier molecular flexibility index (Phi) is 5.11. The maximum absolute atomic E-state index is 12.0. The van der Waals surface area contributed by atoms with Crippen molar-refractivity contribution in [2.75, 3.05) is 18.4 Å². The van der Waals surface area contributed by atoms with Crippen molar-refractivity contribution >= 4 is 24.0 Å². The van der Waals surface area contributed by atoms with Crippen LogP contribution in [-0.2, 0) is 4.79 Å². The Labute approximate surface area is 146 Å². The number of amides is 1. The van der Waals surface area contributed by atoms with E-state index < -0.39 is 0 Å². The van der Waals surface area contributed by atoms with Gasteiger partial charge in [-0.25, -0.2) is 4.68 Å². The molecule has 8 heteroatoms. The zero-order valence-corrected chi connectivity index (χ0v) is 14.1. The zero-order chi connectivity index (χ0) is 15.6. The number of tetrazole rings is 1. The second kappa shape index (κ2) is 7.27. The highest BCUT2D eigenvalue weighted by atomic mass is 35.5. The molecular formula is C16H21ClN6O. The molecule has 1 aromatic carbocycles. The number of rotatable bonds is 7. The van der Waals surface area contributed by atoms with Crippen LogP contribution >= 0.6 is 12.4 Å². The molecule has 0 saturated heterocycles. The highest BCUT2D eigenvalue weighted by Gasteiger charge is 2.28. The Morgan fingerprint density at radius 2 is 2.08 bits per heavy atom. The minimum atomic E-state index is -0.0235. The Hall–Kier alpha value is -1.99. The fourth-order valence-electron chi connectivity index (χ4n) is 2.60. The second-order valence-corrected chi connectivity index (χ2v) is 6.38.